The molecule has 1 rings (SSSR count). The van der Waals surface area contributed by atoms with Crippen molar-refractivity contribution in [1.29, 1.82) is 0 Å². The molecule has 162 valence electrons. The number of hydrogen-bond donors (Lipinski definition) is 5. The van der Waals surface area contributed by atoms with Crippen molar-refractivity contribution >= 4 is 17.9 Å². The molecule has 1 saturated heterocycles. The molecule has 0 saturated carbocycles. The normalized spacial score (nSPS) is 24.2. The Kier molecular flexibility index (Phi) is 10.9. The molecular formula is C16H29N3O9. The third-order valence-corrected chi connectivity index (χ3v) is 4.47. The largest absolute Gasteiger partial charge is 0.480 e. The van der Waals surface area contributed by atoms with Gasteiger partial charge in [-0.3, -0.25) is 29.1 Å². The lowest BCUT2D eigenvalue weighted by Gasteiger charge is -2.37. The molecule has 0 bridgehead atoms. The smallest absolute Gasteiger partial charge is 0.317 e. The van der Waals surface area contributed by atoms with Gasteiger partial charge in [-0.25, -0.2) is 0 Å². The number of nitrogens with zero attached hydrogens (tertiary/aromatic N) is 3. The molecule has 28 heavy (non-hydrogen) atoms. The van der Waals surface area contributed by atoms with Crippen LogP contribution in [0.1, 0.15) is 0 Å². The van der Waals surface area contributed by atoms with Crippen LogP contribution < -0.4 is 0 Å². The van der Waals surface area contributed by atoms with Gasteiger partial charge >= 0.3 is 17.9 Å². The summed E-state index contributed by atoms with van der Waals surface area (Å²) in [6.07, 6.45) is 0. The molecule has 0 aromatic heterocycles. The molecule has 5 N–H and O–H groups in total. The lowest BCUT2D eigenvalue weighted by Crippen LogP contribution is -2.55. The molecule has 2 atom stereocenters. The van der Waals surface area contributed by atoms with Gasteiger partial charge in [0.1, 0.15) is 0 Å². The molecule has 1 heterocycles. The van der Waals surface area contributed by atoms with Crippen molar-refractivity contribution in [2.75, 3.05) is 72.2 Å². The molecule has 0 aromatic rings. The van der Waals surface area contributed by atoms with Gasteiger partial charge in [-0.05, 0) is 0 Å². The van der Waals surface area contributed by atoms with Crippen molar-refractivity contribution in [2.24, 2.45) is 0 Å². The number of ether oxygens (including phenoxy) is 1. The predicted octanol–water partition coefficient (Wildman–Crippen LogP) is -3.10. The number of carboxylic acid groups (broad SMARTS) is 3. The average Bonchev–Trinajstić information content (AvgIpc) is 2.59. The zero-order chi connectivity index (χ0) is 21.1. The van der Waals surface area contributed by atoms with Gasteiger partial charge in [-0.15, -0.1) is 0 Å². The van der Waals surface area contributed by atoms with Gasteiger partial charge in [0.2, 0.25) is 0 Å². The van der Waals surface area contributed by atoms with E-state index in [1.54, 1.807) is 0 Å². The number of rotatable bonds is 8. The lowest BCUT2D eigenvalue weighted by molar-refractivity contribution is -0.142. The summed E-state index contributed by atoms with van der Waals surface area (Å²) in [6.45, 7) is -1.07. The highest BCUT2D eigenvalue weighted by molar-refractivity contribution is 5.70. The minimum Gasteiger partial charge on any atom is -0.480 e. The SMILES string of the molecule is O=C(O)CN1CC(CO)N(CC(=O)O)CCOCCN(CC(=O)O)C(CO)C1. The summed E-state index contributed by atoms with van der Waals surface area (Å²) >= 11 is 0. The van der Waals surface area contributed by atoms with Crippen LogP contribution >= 0.6 is 0 Å². The number of aliphatic carboxylic acids is 3. The minimum absolute atomic E-state index is 0.0352. The highest BCUT2D eigenvalue weighted by Gasteiger charge is 2.28. The Hall–Kier alpha value is -1.83. The molecule has 0 aliphatic carbocycles. The number of carbonyl (C=O) groups is 3. The van der Waals surface area contributed by atoms with E-state index in [0.717, 1.165) is 0 Å². The highest BCUT2D eigenvalue weighted by atomic mass is 16.5. The summed E-state index contributed by atoms with van der Waals surface area (Å²) < 4.78 is 5.47. The van der Waals surface area contributed by atoms with Crippen LogP contribution in [0.5, 0.6) is 0 Å². The maximum atomic E-state index is 11.2. The molecular weight excluding hydrogens is 378 g/mol. The van der Waals surface area contributed by atoms with Gasteiger partial charge < -0.3 is 30.3 Å². The molecule has 1 aliphatic heterocycles. The molecule has 2 unspecified atom stereocenters. The van der Waals surface area contributed by atoms with Crippen molar-refractivity contribution in [3.05, 3.63) is 0 Å². The average molecular weight is 407 g/mol. The molecule has 0 amide bonds. The zero-order valence-electron chi connectivity index (χ0n) is 15.6. The van der Waals surface area contributed by atoms with Crippen LogP contribution in [0.15, 0.2) is 0 Å². The van der Waals surface area contributed by atoms with Gasteiger partial charge in [-0.2, -0.15) is 0 Å². The monoisotopic (exact) mass is 407 g/mol. The van der Waals surface area contributed by atoms with Gasteiger partial charge in [0.15, 0.2) is 0 Å². The summed E-state index contributed by atoms with van der Waals surface area (Å²) in [5, 5.41) is 46.9. The second-order valence-corrected chi connectivity index (χ2v) is 6.60. The van der Waals surface area contributed by atoms with E-state index in [0.29, 0.717) is 0 Å². The molecule has 0 aromatic carbocycles. The first kappa shape index (κ1) is 24.2. The first-order chi connectivity index (χ1) is 13.3. The Morgan fingerprint density at radius 3 is 1.46 bits per heavy atom. The van der Waals surface area contributed by atoms with E-state index in [1.165, 1.54) is 14.7 Å². The fourth-order valence-electron chi connectivity index (χ4n) is 3.16. The fourth-order valence-corrected chi connectivity index (χ4v) is 3.16. The van der Waals surface area contributed by atoms with Crippen LogP contribution in [0.3, 0.4) is 0 Å². The minimum atomic E-state index is -1.13. The van der Waals surface area contributed by atoms with Gasteiger partial charge in [0.05, 0.1) is 46.1 Å². The fraction of sp³-hybridized carbons (Fsp3) is 0.812. The summed E-state index contributed by atoms with van der Waals surface area (Å²) in [6, 6.07) is -1.32. The van der Waals surface area contributed by atoms with Gasteiger partial charge in [0.25, 0.3) is 0 Å². The van der Waals surface area contributed by atoms with E-state index in [4.69, 9.17) is 14.9 Å². The molecule has 1 aliphatic rings. The summed E-state index contributed by atoms with van der Waals surface area (Å²) in [7, 11) is 0. The van der Waals surface area contributed by atoms with E-state index in [9.17, 15) is 29.7 Å². The van der Waals surface area contributed by atoms with Crippen LogP contribution in [0.2, 0.25) is 0 Å². The first-order valence-electron chi connectivity index (χ1n) is 8.92. The van der Waals surface area contributed by atoms with Gasteiger partial charge in [-0.1, -0.05) is 0 Å². The molecule has 0 radical (unpaired) electrons. The van der Waals surface area contributed by atoms with Crippen LogP contribution in [0.25, 0.3) is 0 Å². The number of aliphatic hydroxyl groups excluding tert-OH is 2. The van der Waals surface area contributed by atoms with Crippen molar-refractivity contribution < 1.29 is 44.7 Å². The van der Waals surface area contributed by atoms with Crippen molar-refractivity contribution in [2.45, 2.75) is 12.1 Å². The summed E-state index contributed by atoms with van der Waals surface area (Å²) in [5.41, 5.74) is 0. The predicted molar refractivity (Wildman–Crippen MR) is 95.1 cm³/mol. The standard InChI is InChI=1S/C16H29N3O9/c20-10-12-5-17(7-14(22)23)6-13(11-21)19(9-16(26)27)2-4-28-3-1-18(12)8-15(24)25/h12-13,20-21H,1-11H2,(H,22,23)(H,24,25)(H,26,27). The Labute approximate surface area is 162 Å². The maximum absolute atomic E-state index is 11.2. The number of hydrogen-bond acceptors (Lipinski definition) is 9. The zero-order valence-corrected chi connectivity index (χ0v) is 15.6. The highest BCUT2D eigenvalue weighted by Crippen LogP contribution is 2.09. The Bertz CT molecular complexity index is 484. The Balaban J connectivity index is 3.07. The van der Waals surface area contributed by atoms with E-state index >= 15 is 0 Å². The molecule has 12 heteroatoms. The summed E-state index contributed by atoms with van der Waals surface area (Å²) in [4.78, 5) is 38.0. The maximum Gasteiger partial charge on any atom is 0.317 e. The third kappa shape index (κ3) is 8.91. The van der Waals surface area contributed by atoms with E-state index in [-0.39, 0.29) is 52.5 Å². The van der Waals surface area contributed by atoms with E-state index in [2.05, 4.69) is 0 Å². The quantitative estimate of drug-likeness (QED) is 0.275. The second kappa shape index (κ2) is 12.6. The van der Waals surface area contributed by atoms with Crippen molar-refractivity contribution in [3.63, 3.8) is 0 Å². The number of aliphatic hydroxyl groups is 2. The van der Waals surface area contributed by atoms with Crippen molar-refractivity contribution in [1.82, 2.24) is 14.7 Å². The Morgan fingerprint density at radius 1 is 0.750 bits per heavy atom. The summed E-state index contributed by atoms with van der Waals surface area (Å²) in [5.74, 6) is -3.30. The van der Waals surface area contributed by atoms with Crippen LogP contribution in [0, 0.1) is 0 Å². The van der Waals surface area contributed by atoms with Crippen LogP contribution in [0.4, 0.5) is 0 Å². The van der Waals surface area contributed by atoms with E-state index in [1.807, 2.05) is 0 Å². The number of carboxylic acids is 3. The Morgan fingerprint density at radius 2 is 1.14 bits per heavy atom. The lowest BCUT2D eigenvalue weighted by atomic mass is 10.1. The first-order valence-corrected chi connectivity index (χ1v) is 8.92. The molecule has 0 spiro atoms. The molecule has 12 nitrogen and oxygen atoms in total. The molecule has 1 fully saturated rings. The van der Waals surface area contributed by atoms with Crippen LogP contribution in [-0.2, 0) is 19.1 Å². The second-order valence-electron chi connectivity index (χ2n) is 6.60. The van der Waals surface area contributed by atoms with Gasteiger partial charge in [0, 0.05) is 38.3 Å². The topological polar surface area (TPSA) is 171 Å². The van der Waals surface area contributed by atoms with Crippen LogP contribution in [-0.4, -0.2) is 142 Å². The van der Waals surface area contributed by atoms with E-state index < -0.39 is 49.8 Å². The van der Waals surface area contributed by atoms with Crippen molar-refractivity contribution in [3.8, 4) is 0 Å². The third-order valence-electron chi connectivity index (χ3n) is 4.47.